The second-order valence-corrected chi connectivity index (χ2v) is 5.66. The molecule has 102 valence electrons. The first-order valence-corrected chi connectivity index (χ1v) is 7.18. The molecule has 0 aliphatic rings. The van der Waals surface area contributed by atoms with Crippen molar-refractivity contribution >= 4 is 21.6 Å². The Balaban J connectivity index is 2.54. The summed E-state index contributed by atoms with van der Waals surface area (Å²) in [5.41, 5.74) is 0.634. The highest BCUT2D eigenvalue weighted by atomic mass is 35.5. The molecule has 1 N–H and O–H groups in total. The van der Waals surface area contributed by atoms with Gasteiger partial charge in [-0.05, 0) is 17.7 Å². The quantitative estimate of drug-likeness (QED) is 0.783. The minimum atomic E-state index is -3.39. The zero-order valence-corrected chi connectivity index (χ0v) is 10.8. The summed E-state index contributed by atoms with van der Waals surface area (Å²) < 4.78 is 52.9. The zero-order chi connectivity index (χ0) is 13.6. The standard InChI is InChI=1S/C10H12ClF2NO3S/c11-5-6-18(15,16)14-7-8-1-3-9(4-2-8)17-10(12)13/h1-4,10,14H,5-7H2. The van der Waals surface area contributed by atoms with Gasteiger partial charge in [-0.2, -0.15) is 8.78 Å². The lowest BCUT2D eigenvalue weighted by molar-refractivity contribution is -0.0498. The van der Waals surface area contributed by atoms with E-state index in [4.69, 9.17) is 11.6 Å². The molecule has 8 heteroatoms. The Kier molecular flexibility index (Phi) is 5.77. The molecule has 0 aliphatic heterocycles. The van der Waals surface area contributed by atoms with Crippen LogP contribution in [0.15, 0.2) is 24.3 Å². The Hall–Kier alpha value is -0.920. The number of hydrogen-bond donors (Lipinski definition) is 1. The lowest BCUT2D eigenvalue weighted by Crippen LogP contribution is -2.26. The number of hydrogen-bond acceptors (Lipinski definition) is 3. The Morgan fingerprint density at radius 3 is 2.39 bits per heavy atom. The normalized spacial score (nSPS) is 11.8. The van der Waals surface area contributed by atoms with Crippen molar-refractivity contribution in [3.63, 3.8) is 0 Å². The van der Waals surface area contributed by atoms with Crippen molar-refractivity contribution in [3.8, 4) is 5.75 Å². The van der Waals surface area contributed by atoms with Gasteiger partial charge in [-0.25, -0.2) is 13.1 Å². The van der Waals surface area contributed by atoms with Gasteiger partial charge in [0.1, 0.15) is 5.75 Å². The first kappa shape index (κ1) is 15.1. The van der Waals surface area contributed by atoms with E-state index in [9.17, 15) is 17.2 Å². The summed E-state index contributed by atoms with van der Waals surface area (Å²) in [7, 11) is -3.39. The van der Waals surface area contributed by atoms with E-state index in [0.717, 1.165) is 0 Å². The Morgan fingerprint density at radius 2 is 1.89 bits per heavy atom. The molecule has 1 aromatic rings. The summed E-state index contributed by atoms with van der Waals surface area (Å²) in [6.45, 7) is -2.80. The summed E-state index contributed by atoms with van der Waals surface area (Å²) in [5, 5.41) is 0. The van der Waals surface area contributed by atoms with Gasteiger partial charge in [0.15, 0.2) is 0 Å². The number of rotatable bonds is 7. The Morgan fingerprint density at radius 1 is 1.28 bits per heavy atom. The lowest BCUT2D eigenvalue weighted by atomic mass is 10.2. The minimum Gasteiger partial charge on any atom is -0.435 e. The first-order valence-electron chi connectivity index (χ1n) is 5.00. The zero-order valence-electron chi connectivity index (χ0n) is 9.27. The minimum absolute atomic E-state index is 0.0104. The van der Waals surface area contributed by atoms with Crippen molar-refractivity contribution in [1.82, 2.24) is 4.72 Å². The highest BCUT2D eigenvalue weighted by Gasteiger charge is 2.09. The molecule has 0 fully saturated rings. The van der Waals surface area contributed by atoms with Crippen LogP contribution in [0.25, 0.3) is 0 Å². The summed E-state index contributed by atoms with van der Waals surface area (Å²) in [6, 6.07) is 5.69. The summed E-state index contributed by atoms with van der Waals surface area (Å²) >= 11 is 5.33. The van der Waals surface area contributed by atoms with Crippen LogP contribution in [0.4, 0.5) is 8.78 Å². The number of ether oxygens (including phenoxy) is 1. The van der Waals surface area contributed by atoms with Crippen LogP contribution in [0.3, 0.4) is 0 Å². The molecule has 0 amide bonds. The molecule has 0 unspecified atom stereocenters. The summed E-state index contributed by atoms with van der Waals surface area (Å²) in [4.78, 5) is 0. The second-order valence-electron chi connectivity index (χ2n) is 3.35. The van der Waals surface area contributed by atoms with Gasteiger partial charge in [-0.3, -0.25) is 0 Å². The van der Waals surface area contributed by atoms with Crippen LogP contribution >= 0.6 is 11.6 Å². The van der Waals surface area contributed by atoms with E-state index in [1.54, 1.807) is 0 Å². The van der Waals surface area contributed by atoms with E-state index < -0.39 is 16.6 Å². The molecular weight excluding hydrogens is 288 g/mol. The van der Waals surface area contributed by atoms with Gasteiger partial charge in [0.2, 0.25) is 10.0 Å². The molecule has 0 heterocycles. The van der Waals surface area contributed by atoms with Crippen LogP contribution in [0.2, 0.25) is 0 Å². The van der Waals surface area contributed by atoms with Crippen LogP contribution in [0.5, 0.6) is 5.75 Å². The maximum absolute atomic E-state index is 11.9. The molecule has 18 heavy (non-hydrogen) atoms. The topological polar surface area (TPSA) is 55.4 Å². The molecule has 0 bridgehead atoms. The van der Waals surface area contributed by atoms with Crippen LogP contribution in [0, 0.1) is 0 Å². The molecule has 0 radical (unpaired) electrons. The van der Waals surface area contributed by atoms with Crippen molar-refractivity contribution in [3.05, 3.63) is 29.8 Å². The monoisotopic (exact) mass is 299 g/mol. The van der Waals surface area contributed by atoms with E-state index in [-0.39, 0.29) is 23.9 Å². The predicted molar refractivity (Wildman–Crippen MR) is 64.4 cm³/mol. The lowest BCUT2D eigenvalue weighted by Gasteiger charge is -2.07. The van der Waals surface area contributed by atoms with Crippen LogP contribution < -0.4 is 9.46 Å². The molecular formula is C10H12ClF2NO3S. The molecule has 0 aliphatic carbocycles. The molecule has 1 aromatic carbocycles. The molecule has 1 rings (SSSR count). The highest BCUT2D eigenvalue weighted by molar-refractivity contribution is 7.89. The first-order chi connectivity index (χ1) is 8.43. The van der Waals surface area contributed by atoms with Gasteiger partial charge in [0.25, 0.3) is 0 Å². The van der Waals surface area contributed by atoms with Crippen molar-refractivity contribution in [2.24, 2.45) is 0 Å². The SMILES string of the molecule is O=S(=O)(CCCl)NCc1ccc(OC(F)F)cc1. The van der Waals surface area contributed by atoms with Crippen molar-refractivity contribution < 1.29 is 21.9 Å². The van der Waals surface area contributed by atoms with Crippen molar-refractivity contribution in [2.75, 3.05) is 11.6 Å². The second kappa shape index (κ2) is 6.86. The van der Waals surface area contributed by atoms with Crippen LogP contribution in [-0.4, -0.2) is 26.7 Å². The number of halogens is 3. The predicted octanol–water partition coefficient (Wildman–Crippen LogP) is 1.95. The molecule has 4 nitrogen and oxygen atoms in total. The van der Waals surface area contributed by atoms with Gasteiger partial charge in [0, 0.05) is 12.4 Å². The average molecular weight is 300 g/mol. The number of nitrogens with one attached hydrogen (secondary N) is 1. The maximum Gasteiger partial charge on any atom is 0.387 e. The molecule has 0 saturated heterocycles. The van der Waals surface area contributed by atoms with E-state index in [1.165, 1.54) is 24.3 Å². The largest absolute Gasteiger partial charge is 0.435 e. The van der Waals surface area contributed by atoms with Gasteiger partial charge < -0.3 is 4.74 Å². The van der Waals surface area contributed by atoms with E-state index in [2.05, 4.69) is 9.46 Å². The van der Waals surface area contributed by atoms with Crippen LogP contribution in [-0.2, 0) is 16.6 Å². The van der Waals surface area contributed by atoms with Gasteiger partial charge in [0.05, 0.1) is 5.75 Å². The van der Waals surface area contributed by atoms with Gasteiger partial charge in [-0.15, -0.1) is 11.6 Å². The van der Waals surface area contributed by atoms with Crippen molar-refractivity contribution in [1.29, 1.82) is 0 Å². The maximum atomic E-state index is 11.9. The van der Waals surface area contributed by atoms with Gasteiger partial charge >= 0.3 is 6.61 Å². The average Bonchev–Trinajstić information content (AvgIpc) is 2.27. The van der Waals surface area contributed by atoms with Crippen molar-refractivity contribution in [2.45, 2.75) is 13.2 Å². The Labute approximate surface area is 109 Å². The Bertz CT molecular complexity index is 465. The third-order valence-electron chi connectivity index (χ3n) is 1.99. The third kappa shape index (κ3) is 5.61. The van der Waals surface area contributed by atoms with E-state index in [0.29, 0.717) is 5.56 Å². The molecule has 0 saturated carbocycles. The number of sulfonamides is 1. The van der Waals surface area contributed by atoms with Gasteiger partial charge in [-0.1, -0.05) is 12.1 Å². The van der Waals surface area contributed by atoms with E-state index >= 15 is 0 Å². The number of benzene rings is 1. The van der Waals surface area contributed by atoms with Crippen LogP contribution in [0.1, 0.15) is 5.56 Å². The number of alkyl halides is 3. The summed E-state index contributed by atoms with van der Waals surface area (Å²) in [6.07, 6.45) is 0. The molecule has 0 spiro atoms. The third-order valence-corrected chi connectivity index (χ3v) is 3.73. The fourth-order valence-corrected chi connectivity index (χ4v) is 2.50. The smallest absolute Gasteiger partial charge is 0.387 e. The molecule has 0 aromatic heterocycles. The fraction of sp³-hybridized carbons (Fsp3) is 0.400. The highest BCUT2D eigenvalue weighted by Crippen LogP contribution is 2.14. The summed E-state index contributed by atoms with van der Waals surface area (Å²) in [5.74, 6) is -0.130. The molecule has 0 atom stereocenters. The fourth-order valence-electron chi connectivity index (χ4n) is 1.16. The van der Waals surface area contributed by atoms with E-state index in [1.807, 2.05) is 0 Å².